The molecule has 0 aliphatic carbocycles. The highest BCUT2D eigenvalue weighted by molar-refractivity contribution is 5.99. The summed E-state index contributed by atoms with van der Waals surface area (Å²) in [6.45, 7) is 6.57. The predicted molar refractivity (Wildman–Crippen MR) is 66.6 cm³/mol. The van der Waals surface area contributed by atoms with Crippen molar-refractivity contribution in [2.45, 2.75) is 26.2 Å². The van der Waals surface area contributed by atoms with Crippen molar-refractivity contribution in [2.75, 3.05) is 19.0 Å². The molecule has 0 saturated carbocycles. The van der Waals surface area contributed by atoms with Gasteiger partial charge in [-0.2, -0.15) is 0 Å². The number of aliphatic imine (C=N–C) groups is 1. The SMILES string of the molecule is CC1=Nc2ccc(N(C)C)cc2C1(C)C. The lowest BCUT2D eigenvalue weighted by Crippen LogP contribution is -2.23. The summed E-state index contributed by atoms with van der Waals surface area (Å²) in [6, 6.07) is 6.48. The molecular formula is C13H18N2. The Kier molecular flexibility index (Phi) is 2.10. The number of benzene rings is 1. The van der Waals surface area contributed by atoms with Crippen LogP contribution in [0.4, 0.5) is 11.4 Å². The second kappa shape index (κ2) is 3.09. The molecule has 0 radical (unpaired) electrons. The standard InChI is InChI=1S/C13H18N2/c1-9-13(2,3)11-8-10(15(4)5)6-7-12(11)14-9/h6-8H,1-5H3. The molecule has 0 fully saturated rings. The zero-order chi connectivity index (χ0) is 11.2. The molecule has 1 heterocycles. The first kappa shape index (κ1) is 10.2. The molecule has 0 bridgehead atoms. The summed E-state index contributed by atoms with van der Waals surface area (Å²) in [5, 5.41) is 0. The van der Waals surface area contributed by atoms with E-state index in [-0.39, 0.29) is 5.41 Å². The van der Waals surface area contributed by atoms with Gasteiger partial charge in [0, 0.05) is 30.9 Å². The second-order valence-corrected chi connectivity index (χ2v) is 4.92. The summed E-state index contributed by atoms with van der Waals surface area (Å²) in [5.74, 6) is 0. The molecule has 2 heteroatoms. The van der Waals surface area contributed by atoms with E-state index in [0.29, 0.717) is 0 Å². The molecular weight excluding hydrogens is 184 g/mol. The molecule has 80 valence electrons. The van der Waals surface area contributed by atoms with Crippen LogP contribution < -0.4 is 4.90 Å². The number of anilines is 1. The van der Waals surface area contributed by atoms with Gasteiger partial charge in [0.1, 0.15) is 0 Å². The smallest absolute Gasteiger partial charge is 0.0672 e. The third-order valence-electron chi connectivity index (χ3n) is 3.36. The maximum atomic E-state index is 4.60. The Morgan fingerprint density at radius 2 is 1.87 bits per heavy atom. The van der Waals surface area contributed by atoms with E-state index in [4.69, 9.17) is 0 Å². The number of hydrogen-bond donors (Lipinski definition) is 0. The minimum Gasteiger partial charge on any atom is -0.378 e. The van der Waals surface area contributed by atoms with Gasteiger partial charge in [0.25, 0.3) is 0 Å². The van der Waals surface area contributed by atoms with Crippen molar-refractivity contribution < 1.29 is 0 Å². The van der Waals surface area contributed by atoms with Crippen molar-refractivity contribution in [1.82, 2.24) is 0 Å². The molecule has 1 aromatic rings. The summed E-state index contributed by atoms with van der Waals surface area (Å²) in [6.07, 6.45) is 0. The lowest BCUT2D eigenvalue weighted by Gasteiger charge is -2.22. The average Bonchev–Trinajstić information content (AvgIpc) is 2.38. The van der Waals surface area contributed by atoms with Crippen LogP contribution in [-0.4, -0.2) is 19.8 Å². The van der Waals surface area contributed by atoms with Crippen LogP contribution in [0.15, 0.2) is 23.2 Å². The van der Waals surface area contributed by atoms with Gasteiger partial charge in [0.15, 0.2) is 0 Å². The van der Waals surface area contributed by atoms with Crippen molar-refractivity contribution in [3.8, 4) is 0 Å². The first-order valence-corrected chi connectivity index (χ1v) is 5.30. The number of rotatable bonds is 1. The fourth-order valence-corrected chi connectivity index (χ4v) is 1.92. The van der Waals surface area contributed by atoms with Crippen molar-refractivity contribution in [3.05, 3.63) is 23.8 Å². The summed E-state index contributed by atoms with van der Waals surface area (Å²) in [7, 11) is 4.13. The second-order valence-electron chi connectivity index (χ2n) is 4.92. The van der Waals surface area contributed by atoms with Crippen LogP contribution in [-0.2, 0) is 5.41 Å². The highest BCUT2D eigenvalue weighted by Gasteiger charge is 2.32. The number of fused-ring (bicyclic) bond motifs is 1. The van der Waals surface area contributed by atoms with Gasteiger partial charge < -0.3 is 4.90 Å². The normalized spacial score (nSPS) is 17.3. The molecule has 15 heavy (non-hydrogen) atoms. The molecule has 1 aromatic carbocycles. The average molecular weight is 202 g/mol. The molecule has 1 aliphatic heterocycles. The van der Waals surface area contributed by atoms with Crippen LogP contribution in [0, 0.1) is 0 Å². The first-order chi connectivity index (χ1) is 6.93. The molecule has 0 unspecified atom stereocenters. The van der Waals surface area contributed by atoms with E-state index >= 15 is 0 Å². The Morgan fingerprint density at radius 3 is 2.47 bits per heavy atom. The van der Waals surface area contributed by atoms with Gasteiger partial charge in [-0.15, -0.1) is 0 Å². The van der Waals surface area contributed by atoms with E-state index in [0.717, 1.165) is 5.69 Å². The van der Waals surface area contributed by atoms with Crippen LogP contribution in [0.1, 0.15) is 26.3 Å². The predicted octanol–water partition coefficient (Wildman–Crippen LogP) is 3.14. The summed E-state index contributed by atoms with van der Waals surface area (Å²) < 4.78 is 0. The Labute approximate surface area is 91.6 Å². The Balaban J connectivity index is 2.55. The minimum absolute atomic E-state index is 0.0847. The molecule has 0 spiro atoms. The van der Waals surface area contributed by atoms with Crippen LogP contribution in [0.25, 0.3) is 0 Å². The fourth-order valence-electron chi connectivity index (χ4n) is 1.92. The molecule has 0 N–H and O–H groups in total. The van der Waals surface area contributed by atoms with Gasteiger partial charge in [-0.05, 0) is 30.7 Å². The van der Waals surface area contributed by atoms with E-state index in [1.165, 1.54) is 17.0 Å². The lowest BCUT2D eigenvalue weighted by atomic mass is 9.82. The largest absolute Gasteiger partial charge is 0.378 e. The third kappa shape index (κ3) is 1.44. The summed E-state index contributed by atoms with van der Waals surface area (Å²) in [4.78, 5) is 6.73. The molecule has 0 saturated heterocycles. The molecule has 2 nitrogen and oxygen atoms in total. The van der Waals surface area contributed by atoms with E-state index in [1.54, 1.807) is 0 Å². The zero-order valence-electron chi connectivity index (χ0n) is 10.1. The maximum absolute atomic E-state index is 4.60. The molecule has 0 atom stereocenters. The van der Waals surface area contributed by atoms with Crippen LogP contribution >= 0.6 is 0 Å². The van der Waals surface area contributed by atoms with Gasteiger partial charge >= 0.3 is 0 Å². The summed E-state index contributed by atoms with van der Waals surface area (Å²) >= 11 is 0. The Morgan fingerprint density at radius 1 is 1.20 bits per heavy atom. The molecule has 2 rings (SSSR count). The van der Waals surface area contributed by atoms with Crippen molar-refractivity contribution in [2.24, 2.45) is 4.99 Å². The molecule has 0 aromatic heterocycles. The van der Waals surface area contributed by atoms with Crippen LogP contribution in [0.2, 0.25) is 0 Å². The van der Waals surface area contributed by atoms with Crippen molar-refractivity contribution >= 4 is 17.1 Å². The maximum Gasteiger partial charge on any atom is 0.0672 e. The van der Waals surface area contributed by atoms with Gasteiger partial charge in [-0.25, -0.2) is 0 Å². The highest BCUT2D eigenvalue weighted by atomic mass is 15.1. The quantitative estimate of drug-likeness (QED) is 0.683. The first-order valence-electron chi connectivity index (χ1n) is 5.30. The Bertz CT molecular complexity index is 428. The topological polar surface area (TPSA) is 15.6 Å². The minimum atomic E-state index is 0.0847. The Hall–Kier alpha value is -1.31. The van der Waals surface area contributed by atoms with Gasteiger partial charge in [-0.1, -0.05) is 13.8 Å². The molecule has 1 aliphatic rings. The monoisotopic (exact) mass is 202 g/mol. The number of hydrogen-bond acceptors (Lipinski definition) is 2. The fraction of sp³-hybridized carbons (Fsp3) is 0.462. The van der Waals surface area contributed by atoms with Crippen molar-refractivity contribution in [1.29, 1.82) is 0 Å². The zero-order valence-corrected chi connectivity index (χ0v) is 10.1. The van der Waals surface area contributed by atoms with Gasteiger partial charge in [0.2, 0.25) is 0 Å². The molecule has 0 amide bonds. The van der Waals surface area contributed by atoms with E-state index in [2.05, 4.69) is 63.0 Å². The lowest BCUT2D eigenvalue weighted by molar-refractivity contribution is 0.733. The van der Waals surface area contributed by atoms with Gasteiger partial charge in [0.05, 0.1) is 5.69 Å². The highest BCUT2D eigenvalue weighted by Crippen LogP contribution is 2.41. The van der Waals surface area contributed by atoms with Crippen LogP contribution in [0.3, 0.4) is 0 Å². The van der Waals surface area contributed by atoms with E-state index in [9.17, 15) is 0 Å². The summed E-state index contributed by atoms with van der Waals surface area (Å²) in [5.41, 5.74) is 5.00. The number of nitrogens with zero attached hydrogens (tertiary/aromatic N) is 2. The van der Waals surface area contributed by atoms with Crippen molar-refractivity contribution in [3.63, 3.8) is 0 Å². The van der Waals surface area contributed by atoms with Gasteiger partial charge in [-0.3, -0.25) is 4.99 Å². The van der Waals surface area contributed by atoms with Crippen LogP contribution in [0.5, 0.6) is 0 Å². The van der Waals surface area contributed by atoms with E-state index in [1.807, 2.05) is 0 Å². The van der Waals surface area contributed by atoms with E-state index < -0.39 is 0 Å². The third-order valence-corrected chi connectivity index (χ3v) is 3.36.